The zero-order chi connectivity index (χ0) is 31.3. The third-order valence-corrected chi connectivity index (χ3v) is 9.77. The number of ether oxygens (including phenoxy) is 3. The Balaban J connectivity index is 1.50. The molecule has 1 aliphatic carbocycles. The van der Waals surface area contributed by atoms with Crippen LogP contribution in [0.15, 0.2) is 64.4 Å². The summed E-state index contributed by atoms with van der Waals surface area (Å²) in [7, 11) is -2.38. The maximum absolute atomic E-state index is 14.0. The Morgan fingerprint density at radius 2 is 1.80 bits per heavy atom. The number of halogens is 2. The molecule has 9 nitrogen and oxygen atoms in total. The van der Waals surface area contributed by atoms with Gasteiger partial charge in [-0.3, -0.25) is 4.79 Å². The second-order valence-corrected chi connectivity index (χ2v) is 12.8. The molecule has 0 bridgehead atoms. The van der Waals surface area contributed by atoms with Gasteiger partial charge in [-0.1, -0.05) is 17.7 Å². The molecule has 6 rings (SSSR count). The highest BCUT2D eigenvalue weighted by atomic mass is 32.2. The number of fused-ring (bicyclic) bond motifs is 2. The number of alkyl halides is 2. The van der Waals surface area contributed by atoms with Crippen molar-refractivity contribution in [1.82, 2.24) is 8.87 Å². The van der Waals surface area contributed by atoms with Gasteiger partial charge in [0, 0.05) is 36.5 Å². The molecule has 2 aliphatic rings. The number of carbonyl (C=O) groups excluding carboxylic acids is 1. The number of carbonyl (C=O) groups is 1. The molecule has 4 aromatic rings. The molecule has 230 valence electrons. The molecule has 3 aromatic carbocycles. The highest BCUT2D eigenvalue weighted by Gasteiger charge is 2.34. The molecule has 1 saturated carbocycles. The molecular weight excluding hydrogens is 594 g/mol. The van der Waals surface area contributed by atoms with Crippen molar-refractivity contribution in [1.29, 1.82) is 0 Å². The van der Waals surface area contributed by atoms with E-state index in [1.54, 1.807) is 47.9 Å². The SMILES string of the molecule is CCOC(=O)c1cn(C2CC2)c2c(OC(F)F)c(-c3cc4c(c(OC)c3)CN(S(=O)(=O)c3ccc(C)cc3)C4)ccc2c1=O. The van der Waals surface area contributed by atoms with Gasteiger partial charge in [0.25, 0.3) is 0 Å². The highest BCUT2D eigenvalue weighted by molar-refractivity contribution is 7.89. The zero-order valence-electron chi connectivity index (χ0n) is 24.3. The minimum Gasteiger partial charge on any atom is -0.496 e. The predicted octanol–water partition coefficient (Wildman–Crippen LogP) is 5.80. The second kappa shape index (κ2) is 11.3. The third kappa shape index (κ3) is 5.22. The van der Waals surface area contributed by atoms with Crippen molar-refractivity contribution < 1.29 is 36.2 Å². The van der Waals surface area contributed by atoms with E-state index in [9.17, 15) is 26.8 Å². The van der Waals surface area contributed by atoms with E-state index >= 15 is 0 Å². The maximum Gasteiger partial charge on any atom is 0.387 e. The summed E-state index contributed by atoms with van der Waals surface area (Å²) in [6, 6.07) is 12.8. The number of sulfonamides is 1. The normalized spacial score (nSPS) is 15.0. The van der Waals surface area contributed by atoms with Gasteiger partial charge in [0.15, 0.2) is 5.75 Å². The molecule has 0 amide bonds. The van der Waals surface area contributed by atoms with Gasteiger partial charge in [0.1, 0.15) is 11.3 Å². The minimum atomic E-state index is -3.83. The number of hydrogen-bond donors (Lipinski definition) is 0. The molecule has 1 aliphatic heterocycles. The van der Waals surface area contributed by atoms with Crippen LogP contribution < -0.4 is 14.9 Å². The fourth-order valence-electron chi connectivity index (χ4n) is 5.66. The van der Waals surface area contributed by atoms with Crippen molar-refractivity contribution >= 4 is 26.9 Å². The van der Waals surface area contributed by atoms with Crippen LogP contribution in [0.5, 0.6) is 11.5 Å². The Labute approximate surface area is 252 Å². The number of hydrogen-bond acceptors (Lipinski definition) is 7. The molecule has 0 saturated heterocycles. The van der Waals surface area contributed by atoms with E-state index in [0.29, 0.717) is 22.4 Å². The molecule has 1 aromatic heterocycles. The van der Waals surface area contributed by atoms with Crippen LogP contribution in [-0.2, 0) is 27.8 Å². The van der Waals surface area contributed by atoms with Crippen LogP contribution in [0.4, 0.5) is 8.78 Å². The summed E-state index contributed by atoms with van der Waals surface area (Å²) in [6.45, 7) is 0.480. The van der Waals surface area contributed by atoms with Gasteiger partial charge >= 0.3 is 12.6 Å². The number of aromatic nitrogens is 1. The predicted molar refractivity (Wildman–Crippen MR) is 159 cm³/mol. The van der Waals surface area contributed by atoms with Crippen molar-refractivity contribution in [2.45, 2.75) is 57.3 Å². The van der Waals surface area contributed by atoms with E-state index in [0.717, 1.165) is 18.4 Å². The number of nitrogens with zero attached hydrogens (tertiary/aromatic N) is 2. The van der Waals surface area contributed by atoms with Crippen molar-refractivity contribution in [3.05, 3.63) is 87.2 Å². The summed E-state index contributed by atoms with van der Waals surface area (Å²) in [5.74, 6) is -0.622. The Kier molecular flexibility index (Phi) is 7.66. The van der Waals surface area contributed by atoms with Gasteiger partial charge < -0.3 is 18.8 Å². The molecule has 12 heteroatoms. The lowest BCUT2D eigenvalue weighted by atomic mass is 9.97. The van der Waals surface area contributed by atoms with Gasteiger partial charge in [-0.05, 0) is 74.2 Å². The molecular formula is C32H30F2N2O7S. The quantitative estimate of drug-likeness (QED) is 0.217. The lowest BCUT2D eigenvalue weighted by Gasteiger charge is -2.20. The first-order chi connectivity index (χ1) is 21.0. The summed E-state index contributed by atoms with van der Waals surface area (Å²) in [6.07, 6.45) is 2.83. The van der Waals surface area contributed by atoms with E-state index in [2.05, 4.69) is 0 Å². The van der Waals surface area contributed by atoms with Gasteiger partial charge in [0.05, 0.1) is 29.5 Å². The van der Waals surface area contributed by atoms with Gasteiger partial charge in [-0.15, -0.1) is 0 Å². The number of benzene rings is 3. The van der Waals surface area contributed by atoms with E-state index in [1.807, 2.05) is 6.92 Å². The molecule has 0 atom stereocenters. The molecule has 0 radical (unpaired) electrons. The van der Waals surface area contributed by atoms with E-state index in [1.165, 1.54) is 29.7 Å². The fraction of sp³-hybridized carbons (Fsp3) is 0.312. The van der Waals surface area contributed by atoms with Crippen LogP contribution in [0.1, 0.15) is 52.9 Å². The average Bonchev–Trinajstić information content (AvgIpc) is 3.74. The van der Waals surface area contributed by atoms with Gasteiger partial charge in [-0.25, -0.2) is 13.2 Å². The van der Waals surface area contributed by atoms with E-state index in [-0.39, 0.29) is 58.4 Å². The number of aryl methyl sites for hydroxylation is 1. The number of methoxy groups -OCH3 is 1. The van der Waals surface area contributed by atoms with E-state index in [4.69, 9.17) is 14.2 Å². The van der Waals surface area contributed by atoms with Crippen LogP contribution in [0, 0.1) is 6.92 Å². The summed E-state index contributed by atoms with van der Waals surface area (Å²) >= 11 is 0. The minimum absolute atomic E-state index is 0.0457. The van der Waals surface area contributed by atoms with Crippen molar-refractivity contribution in [3.8, 4) is 22.6 Å². The third-order valence-electron chi connectivity index (χ3n) is 7.96. The topological polar surface area (TPSA) is 104 Å². The zero-order valence-corrected chi connectivity index (χ0v) is 25.1. The lowest BCUT2D eigenvalue weighted by molar-refractivity contribution is -0.0486. The molecule has 0 N–H and O–H groups in total. The smallest absolute Gasteiger partial charge is 0.387 e. The van der Waals surface area contributed by atoms with Gasteiger partial charge in [-0.2, -0.15) is 13.1 Å². The molecule has 0 spiro atoms. The summed E-state index contributed by atoms with van der Waals surface area (Å²) < 4.78 is 73.6. The highest BCUT2D eigenvalue weighted by Crippen LogP contribution is 2.45. The van der Waals surface area contributed by atoms with Crippen LogP contribution in [-0.4, -0.2) is 43.6 Å². The number of esters is 1. The fourth-order valence-corrected chi connectivity index (χ4v) is 7.05. The largest absolute Gasteiger partial charge is 0.496 e. The van der Waals surface area contributed by atoms with Crippen LogP contribution >= 0.6 is 0 Å². The second-order valence-electron chi connectivity index (χ2n) is 10.9. The maximum atomic E-state index is 14.0. The summed E-state index contributed by atoms with van der Waals surface area (Å²) in [4.78, 5) is 26.2. The summed E-state index contributed by atoms with van der Waals surface area (Å²) in [5, 5.41) is 0.0466. The Bertz CT molecular complexity index is 1950. The number of pyridine rings is 1. The summed E-state index contributed by atoms with van der Waals surface area (Å²) in [5.41, 5.74) is 2.26. The average molecular weight is 625 g/mol. The first kappa shape index (κ1) is 29.8. The Morgan fingerprint density at radius 1 is 1.07 bits per heavy atom. The Hall–Kier alpha value is -4.29. The van der Waals surface area contributed by atoms with Crippen LogP contribution in [0.3, 0.4) is 0 Å². The molecule has 2 heterocycles. The van der Waals surface area contributed by atoms with E-state index < -0.39 is 28.0 Å². The van der Waals surface area contributed by atoms with Crippen molar-refractivity contribution in [3.63, 3.8) is 0 Å². The first-order valence-electron chi connectivity index (χ1n) is 14.1. The van der Waals surface area contributed by atoms with Gasteiger partial charge in [0.2, 0.25) is 15.5 Å². The van der Waals surface area contributed by atoms with Crippen molar-refractivity contribution in [2.75, 3.05) is 13.7 Å². The first-order valence-corrected chi connectivity index (χ1v) is 15.6. The lowest BCUT2D eigenvalue weighted by Crippen LogP contribution is -2.25. The van der Waals surface area contributed by atoms with Crippen LogP contribution in [0.25, 0.3) is 22.0 Å². The monoisotopic (exact) mass is 624 g/mol. The molecule has 44 heavy (non-hydrogen) atoms. The standard InChI is InChI=1S/C32H30F2N2O7S/c1-4-42-31(38)26-17-36(21-7-8-21)28-24(29(26)37)12-11-23(30(28)43-32(33)34)19-13-20-15-35(16-25(20)27(14-19)41-3)44(39,40)22-9-5-18(2)6-10-22/h5-6,9-14,17,21,32H,4,7-8,15-16H2,1-3H3. The Morgan fingerprint density at radius 3 is 2.43 bits per heavy atom. The number of rotatable bonds is 9. The van der Waals surface area contributed by atoms with Crippen LogP contribution in [0.2, 0.25) is 0 Å². The molecule has 0 unspecified atom stereocenters. The van der Waals surface area contributed by atoms with Crippen molar-refractivity contribution in [2.24, 2.45) is 0 Å². The molecule has 1 fully saturated rings.